The number of rotatable bonds is 12. The third kappa shape index (κ3) is 7.88. The molecule has 0 radical (unpaired) electrons. The van der Waals surface area contributed by atoms with Gasteiger partial charge < -0.3 is 39.8 Å². The number of halogens is 1. The Morgan fingerprint density at radius 1 is 1.16 bits per heavy atom. The summed E-state index contributed by atoms with van der Waals surface area (Å²) in [4.78, 5) is 39.8. The van der Waals surface area contributed by atoms with Gasteiger partial charge in [0.05, 0.1) is 12.9 Å². The van der Waals surface area contributed by atoms with Gasteiger partial charge in [-0.3, -0.25) is 13.7 Å². The van der Waals surface area contributed by atoms with Gasteiger partial charge in [-0.1, -0.05) is 36.4 Å². The maximum atomic E-state index is 11.9. The number of nitrogens with zero attached hydrogens (tertiary/aromatic N) is 4. The molecule has 0 saturated heterocycles. The molecule has 0 aliphatic heterocycles. The van der Waals surface area contributed by atoms with Crippen molar-refractivity contribution in [1.82, 2.24) is 19.5 Å². The number of aromatic nitrogens is 4. The van der Waals surface area contributed by atoms with Crippen molar-refractivity contribution < 1.29 is 43.7 Å². The lowest BCUT2D eigenvalue weighted by atomic mass is 10.0. The molecule has 2 aromatic heterocycles. The number of fused-ring (bicyclic) bond motifs is 1. The molecule has 0 aliphatic rings. The molecule has 4 atom stereocenters. The lowest BCUT2D eigenvalue weighted by Crippen LogP contribution is -2.37. The van der Waals surface area contributed by atoms with E-state index in [9.17, 15) is 29.3 Å². The molecule has 202 valence electrons. The van der Waals surface area contributed by atoms with Crippen molar-refractivity contribution in [3.63, 3.8) is 0 Å². The maximum Gasteiger partial charge on any atom is 0.340 e. The molecule has 0 aliphatic carbocycles. The molecule has 3 aromatic rings. The Labute approximate surface area is 216 Å². The van der Waals surface area contributed by atoms with Crippen molar-refractivity contribution in [1.29, 1.82) is 0 Å². The molecular formula is C20H26ClN5O9P2. The van der Waals surface area contributed by atoms with Crippen LogP contribution < -0.4 is 5.32 Å². The molecule has 0 saturated carbocycles. The molecule has 1 aromatic carbocycles. The van der Waals surface area contributed by atoms with Gasteiger partial charge in [-0.15, -0.1) is 0 Å². The van der Waals surface area contributed by atoms with Crippen LogP contribution in [0.5, 0.6) is 0 Å². The van der Waals surface area contributed by atoms with Crippen molar-refractivity contribution >= 4 is 43.8 Å². The zero-order valence-corrected chi connectivity index (χ0v) is 21.9. The number of allylic oxidation sites excluding steroid dienone is 1. The number of anilines is 1. The van der Waals surface area contributed by atoms with E-state index in [2.05, 4.69) is 20.3 Å². The lowest BCUT2D eigenvalue weighted by molar-refractivity contribution is -0.0795. The fourth-order valence-electron chi connectivity index (χ4n) is 3.32. The third-order valence-corrected chi connectivity index (χ3v) is 8.76. The summed E-state index contributed by atoms with van der Waals surface area (Å²) in [6, 6.07) is 9.42. The SMILES string of the molecule is C/C=C(/COP(=O)(O)CP(=O)(O)O)[C@@H](O)[C@@H](O)[C@@H](O)n1cnc2c(NCc3ccccc3)nc(Cl)nc21. The smallest absolute Gasteiger partial charge is 0.340 e. The summed E-state index contributed by atoms with van der Waals surface area (Å²) >= 11 is 6.06. The van der Waals surface area contributed by atoms with Crippen molar-refractivity contribution in [2.75, 3.05) is 17.8 Å². The van der Waals surface area contributed by atoms with Crippen molar-refractivity contribution in [2.45, 2.75) is 31.9 Å². The molecule has 0 bridgehead atoms. The maximum absolute atomic E-state index is 11.9. The first kappa shape index (κ1) is 29.3. The number of hydrogen-bond donors (Lipinski definition) is 7. The highest BCUT2D eigenvalue weighted by molar-refractivity contribution is 7.70. The topological polar surface area (TPSA) is 220 Å². The molecular weight excluding hydrogens is 552 g/mol. The van der Waals surface area contributed by atoms with Gasteiger partial charge >= 0.3 is 15.2 Å². The monoisotopic (exact) mass is 577 g/mol. The van der Waals surface area contributed by atoms with E-state index in [0.717, 1.165) is 16.5 Å². The normalized spacial score (nSPS) is 16.8. The van der Waals surface area contributed by atoms with Crippen molar-refractivity contribution in [3.05, 3.63) is 59.2 Å². The Kier molecular flexibility index (Phi) is 9.59. The fourth-order valence-corrected chi connectivity index (χ4v) is 6.03. The second-order valence-corrected chi connectivity index (χ2v) is 12.3. The van der Waals surface area contributed by atoms with E-state index in [1.165, 1.54) is 13.0 Å². The highest BCUT2D eigenvalue weighted by atomic mass is 35.5. The predicted molar refractivity (Wildman–Crippen MR) is 134 cm³/mol. The molecule has 2 heterocycles. The summed E-state index contributed by atoms with van der Waals surface area (Å²) in [7, 11) is -9.56. The van der Waals surface area contributed by atoms with E-state index >= 15 is 0 Å². The molecule has 3 rings (SSSR count). The number of benzene rings is 1. The number of aliphatic hydroxyl groups is 3. The highest BCUT2D eigenvalue weighted by Crippen LogP contribution is 2.55. The number of nitrogens with one attached hydrogen (secondary N) is 1. The van der Waals surface area contributed by atoms with Crippen LogP contribution in [0, 0.1) is 0 Å². The van der Waals surface area contributed by atoms with E-state index in [4.69, 9.17) is 25.9 Å². The van der Waals surface area contributed by atoms with Gasteiger partial charge in [0.15, 0.2) is 29.1 Å². The zero-order valence-electron chi connectivity index (χ0n) is 19.4. The first-order valence-electron chi connectivity index (χ1n) is 10.7. The van der Waals surface area contributed by atoms with E-state index in [1.807, 2.05) is 30.3 Å². The van der Waals surface area contributed by atoms with Gasteiger partial charge in [0.1, 0.15) is 12.2 Å². The van der Waals surface area contributed by atoms with Crippen LogP contribution in [0.2, 0.25) is 5.28 Å². The van der Waals surface area contributed by atoms with E-state index < -0.39 is 46.1 Å². The van der Waals surface area contributed by atoms with Crippen LogP contribution in [0.4, 0.5) is 5.82 Å². The Hall–Kier alpha value is -2.22. The van der Waals surface area contributed by atoms with E-state index in [1.54, 1.807) is 0 Å². The van der Waals surface area contributed by atoms with Crippen LogP contribution in [0.1, 0.15) is 18.7 Å². The summed E-state index contributed by atoms with van der Waals surface area (Å²) in [5.41, 5.74) is 1.11. The van der Waals surface area contributed by atoms with Crippen LogP contribution in [-0.4, -0.2) is 74.2 Å². The predicted octanol–water partition coefficient (Wildman–Crippen LogP) is 1.59. The average molecular weight is 578 g/mol. The standard InChI is InChI=1S/C20H26ClN5O9P2/c1-2-13(9-35-37(33,34)11-36(30,31)32)15(27)16(28)19(29)26-10-23-14-17(24-20(21)25-18(14)26)22-8-12-6-4-3-5-7-12/h2-7,10,15-16,19,27-29H,8-9,11H2,1H3,(H,33,34)(H,22,24,25)(H2,30,31,32)/b13-2-/t15-,16-,19-/m1/s1. The minimum atomic E-state index is -4.85. The second kappa shape index (κ2) is 12.1. The van der Waals surface area contributed by atoms with Crippen LogP contribution in [0.25, 0.3) is 11.2 Å². The minimum absolute atomic E-state index is 0.0501. The van der Waals surface area contributed by atoms with Crippen molar-refractivity contribution in [3.8, 4) is 0 Å². The van der Waals surface area contributed by atoms with Gasteiger partial charge in [0, 0.05) is 6.54 Å². The van der Waals surface area contributed by atoms with Crippen LogP contribution >= 0.6 is 26.8 Å². The fraction of sp³-hybridized carbons (Fsp3) is 0.350. The van der Waals surface area contributed by atoms with Crippen LogP contribution in [-0.2, 0) is 20.2 Å². The average Bonchev–Trinajstić information content (AvgIpc) is 3.24. The van der Waals surface area contributed by atoms with Crippen LogP contribution in [0.15, 0.2) is 48.3 Å². The first-order chi connectivity index (χ1) is 17.3. The molecule has 0 fully saturated rings. The Bertz CT molecular complexity index is 1350. The van der Waals surface area contributed by atoms with Crippen LogP contribution in [0.3, 0.4) is 0 Å². The first-order valence-corrected chi connectivity index (χ1v) is 14.6. The minimum Gasteiger partial charge on any atom is -0.386 e. The van der Waals surface area contributed by atoms with Gasteiger partial charge in [-0.25, -0.2) is 4.98 Å². The molecule has 0 spiro atoms. The van der Waals surface area contributed by atoms with Gasteiger partial charge in [0.2, 0.25) is 5.28 Å². The quantitative estimate of drug-likeness (QED) is 0.0924. The molecule has 0 amide bonds. The molecule has 14 nitrogen and oxygen atoms in total. The number of imidazole rings is 1. The lowest BCUT2D eigenvalue weighted by Gasteiger charge is -2.26. The summed E-state index contributed by atoms with van der Waals surface area (Å²) in [6.07, 6.45) is -3.09. The summed E-state index contributed by atoms with van der Waals surface area (Å²) in [5, 5.41) is 34.9. The molecule has 7 N–H and O–H groups in total. The second-order valence-electron chi connectivity index (χ2n) is 7.93. The van der Waals surface area contributed by atoms with E-state index in [0.29, 0.717) is 6.54 Å². The summed E-state index contributed by atoms with van der Waals surface area (Å²) < 4.78 is 28.7. The Morgan fingerprint density at radius 3 is 2.46 bits per heavy atom. The van der Waals surface area contributed by atoms with E-state index in [-0.39, 0.29) is 27.8 Å². The molecule has 1 unspecified atom stereocenters. The Morgan fingerprint density at radius 2 is 1.84 bits per heavy atom. The molecule has 17 heteroatoms. The summed E-state index contributed by atoms with van der Waals surface area (Å²) in [5.74, 6) is -1.15. The number of hydrogen-bond acceptors (Lipinski definition) is 10. The summed E-state index contributed by atoms with van der Waals surface area (Å²) in [6.45, 7) is 1.07. The highest BCUT2D eigenvalue weighted by Gasteiger charge is 2.34. The largest absolute Gasteiger partial charge is 0.386 e. The number of aliphatic hydroxyl groups excluding tert-OH is 3. The Balaban J connectivity index is 1.77. The van der Waals surface area contributed by atoms with Crippen molar-refractivity contribution in [2.24, 2.45) is 0 Å². The van der Waals surface area contributed by atoms with Gasteiger partial charge in [-0.05, 0) is 29.7 Å². The molecule has 37 heavy (non-hydrogen) atoms. The van der Waals surface area contributed by atoms with Gasteiger partial charge in [-0.2, -0.15) is 9.97 Å². The zero-order chi connectivity index (χ0) is 27.4. The van der Waals surface area contributed by atoms with Gasteiger partial charge in [0.25, 0.3) is 0 Å². The third-order valence-electron chi connectivity index (χ3n) is 5.16.